The molecule has 5 nitrogen and oxygen atoms in total. The van der Waals surface area contributed by atoms with Gasteiger partial charge in [0.2, 0.25) is 0 Å². The smallest absolute Gasteiger partial charge is 0.335 e. The van der Waals surface area contributed by atoms with E-state index in [0.29, 0.717) is 13.0 Å². The van der Waals surface area contributed by atoms with E-state index in [1.54, 1.807) is 18.2 Å². The van der Waals surface area contributed by atoms with Gasteiger partial charge in [-0.05, 0) is 43.4 Å². The fourth-order valence-corrected chi connectivity index (χ4v) is 2.38. The number of urea groups is 1. The van der Waals surface area contributed by atoms with Crippen LogP contribution in [-0.2, 0) is 6.42 Å². The van der Waals surface area contributed by atoms with Crippen molar-refractivity contribution in [1.29, 1.82) is 0 Å². The molecule has 1 heterocycles. The van der Waals surface area contributed by atoms with Gasteiger partial charge in [0, 0.05) is 19.6 Å². The van der Waals surface area contributed by atoms with Gasteiger partial charge in [0.15, 0.2) is 0 Å². The molecule has 1 saturated heterocycles. The van der Waals surface area contributed by atoms with Crippen molar-refractivity contribution in [2.45, 2.75) is 25.7 Å². The van der Waals surface area contributed by atoms with Gasteiger partial charge < -0.3 is 15.3 Å². The van der Waals surface area contributed by atoms with Crippen LogP contribution < -0.4 is 5.32 Å². The van der Waals surface area contributed by atoms with Crippen LogP contribution >= 0.6 is 0 Å². The second-order valence-electron chi connectivity index (χ2n) is 5.04. The molecule has 1 aliphatic heterocycles. The number of likely N-dealkylation sites (tertiary alicyclic amines) is 1. The Morgan fingerprint density at radius 1 is 1.20 bits per heavy atom. The zero-order valence-electron chi connectivity index (χ0n) is 11.5. The Labute approximate surface area is 118 Å². The summed E-state index contributed by atoms with van der Waals surface area (Å²) < 4.78 is 0. The van der Waals surface area contributed by atoms with Gasteiger partial charge in [0.05, 0.1) is 5.56 Å². The molecule has 2 rings (SSSR count). The predicted molar refractivity (Wildman–Crippen MR) is 75.9 cm³/mol. The van der Waals surface area contributed by atoms with E-state index in [1.165, 1.54) is 6.42 Å². The van der Waals surface area contributed by atoms with Crippen molar-refractivity contribution in [3.05, 3.63) is 35.4 Å². The van der Waals surface area contributed by atoms with Crippen LogP contribution in [0.3, 0.4) is 0 Å². The van der Waals surface area contributed by atoms with Crippen molar-refractivity contribution < 1.29 is 14.7 Å². The van der Waals surface area contributed by atoms with E-state index in [1.807, 2.05) is 11.0 Å². The Morgan fingerprint density at radius 3 is 2.65 bits per heavy atom. The lowest BCUT2D eigenvalue weighted by atomic mass is 10.1. The van der Waals surface area contributed by atoms with Crippen molar-refractivity contribution in [3.63, 3.8) is 0 Å². The number of carbonyl (C=O) groups excluding carboxylic acids is 1. The number of benzene rings is 1. The van der Waals surface area contributed by atoms with Crippen LogP contribution in [-0.4, -0.2) is 41.6 Å². The standard InChI is InChI=1S/C15H20N2O3/c18-14(19)13-6-4-5-12(11-13)7-8-16-15(20)17-9-2-1-3-10-17/h4-6,11H,1-3,7-10H2,(H,16,20)(H,18,19). The topological polar surface area (TPSA) is 69.6 Å². The molecule has 2 amide bonds. The number of carboxylic acids is 1. The highest BCUT2D eigenvalue weighted by atomic mass is 16.4. The Morgan fingerprint density at radius 2 is 1.95 bits per heavy atom. The quantitative estimate of drug-likeness (QED) is 0.885. The van der Waals surface area contributed by atoms with Crippen molar-refractivity contribution >= 4 is 12.0 Å². The van der Waals surface area contributed by atoms with Gasteiger partial charge in [-0.25, -0.2) is 9.59 Å². The van der Waals surface area contributed by atoms with Gasteiger partial charge in [-0.15, -0.1) is 0 Å². The van der Waals surface area contributed by atoms with Gasteiger partial charge in [0.25, 0.3) is 0 Å². The maximum Gasteiger partial charge on any atom is 0.335 e. The average Bonchev–Trinajstić information content (AvgIpc) is 2.48. The van der Waals surface area contributed by atoms with E-state index >= 15 is 0 Å². The average molecular weight is 276 g/mol. The minimum absolute atomic E-state index is 0.0147. The summed E-state index contributed by atoms with van der Waals surface area (Å²) in [5.41, 5.74) is 1.20. The number of carboxylic acid groups (broad SMARTS) is 1. The second kappa shape index (κ2) is 6.93. The zero-order valence-corrected chi connectivity index (χ0v) is 11.5. The monoisotopic (exact) mass is 276 g/mol. The lowest BCUT2D eigenvalue weighted by molar-refractivity contribution is 0.0696. The lowest BCUT2D eigenvalue weighted by Crippen LogP contribution is -2.43. The summed E-state index contributed by atoms with van der Waals surface area (Å²) in [5.74, 6) is -0.927. The molecule has 1 aliphatic rings. The molecule has 0 bridgehead atoms. The molecule has 1 aromatic carbocycles. The van der Waals surface area contributed by atoms with Crippen molar-refractivity contribution in [1.82, 2.24) is 10.2 Å². The summed E-state index contributed by atoms with van der Waals surface area (Å²) in [6.07, 6.45) is 3.99. The molecule has 1 aromatic rings. The van der Waals surface area contributed by atoms with E-state index in [4.69, 9.17) is 5.11 Å². The maximum atomic E-state index is 11.9. The van der Waals surface area contributed by atoms with Gasteiger partial charge in [0.1, 0.15) is 0 Å². The predicted octanol–water partition coefficient (Wildman–Crippen LogP) is 2.12. The summed E-state index contributed by atoms with van der Waals surface area (Å²) in [7, 11) is 0. The number of hydrogen-bond donors (Lipinski definition) is 2. The van der Waals surface area contributed by atoms with Crippen LogP contribution in [0.2, 0.25) is 0 Å². The van der Waals surface area contributed by atoms with E-state index in [9.17, 15) is 9.59 Å². The summed E-state index contributed by atoms with van der Waals surface area (Å²) >= 11 is 0. The maximum absolute atomic E-state index is 11.9. The largest absolute Gasteiger partial charge is 0.478 e. The number of rotatable bonds is 4. The number of aromatic carboxylic acids is 1. The Kier molecular flexibility index (Phi) is 4.98. The molecular formula is C15H20N2O3. The van der Waals surface area contributed by atoms with Crippen LogP contribution in [0, 0.1) is 0 Å². The first-order valence-corrected chi connectivity index (χ1v) is 7.02. The third kappa shape index (κ3) is 3.98. The molecule has 0 atom stereocenters. The number of amides is 2. The molecule has 0 unspecified atom stereocenters. The molecule has 0 radical (unpaired) electrons. The first-order valence-electron chi connectivity index (χ1n) is 7.02. The highest BCUT2D eigenvalue weighted by molar-refractivity contribution is 5.87. The molecule has 1 fully saturated rings. The van der Waals surface area contributed by atoms with Gasteiger partial charge in [-0.3, -0.25) is 0 Å². The first kappa shape index (κ1) is 14.4. The third-order valence-corrected chi connectivity index (χ3v) is 3.51. The van der Waals surface area contributed by atoms with Crippen LogP contribution in [0.1, 0.15) is 35.2 Å². The third-order valence-electron chi connectivity index (χ3n) is 3.51. The summed E-state index contributed by atoms with van der Waals surface area (Å²) in [5, 5.41) is 11.8. The SMILES string of the molecule is O=C(O)c1cccc(CCNC(=O)N2CCCCC2)c1. The van der Waals surface area contributed by atoms with Gasteiger partial charge in [-0.1, -0.05) is 12.1 Å². The molecule has 0 aromatic heterocycles. The zero-order chi connectivity index (χ0) is 14.4. The first-order chi connectivity index (χ1) is 9.66. The van der Waals surface area contributed by atoms with Gasteiger partial charge in [-0.2, -0.15) is 0 Å². The van der Waals surface area contributed by atoms with Crippen LogP contribution in [0.5, 0.6) is 0 Å². The Bertz CT molecular complexity index is 482. The van der Waals surface area contributed by atoms with Crippen LogP contribution in [0.15, 0.2) is 24.3 Å². The van der Waals surface area contributed by atoms with E-state index in [-0.39, 0.29) is 11.6 Å². The fourth-order valence-electron chi connectivity index (χ4n) is 2.38. The molecule has 0 spiro atoms. The number of hydrogen-bond acceptors (Lipinski definition) is 2. The number of nitrogens with zero attached hydrogens (tertiary/aromatic N) is 1. The highest BCUT2D eigenvalue weighted by Crippen LogP contribution is 2.09. The molecular weight excluding hydrogens is 256 g/mol. The number of nitrogens with one attached hydrogen (secondary N) is 1. The summed E-state index contributed by atoms with van der Waals surface area (Å²) in [6.45, 7) is 2.19. The summed E-state index contributed by atoms with van der Waals surface area (Å²) in [6, 6.07) is 6.80. The number of piperidine rings is 1. The highest BCUT2D eigenvalue weighted by Gasteiger charge is 2.15. The molecule has 0 saturated carbocycles. The summed E-state index contributed by atoms with van der Waals surface area (Å²) in [4.78, 5) is 24.6. The lowest BCUT2D eigenvalue weighted by Gasteiger charge is -2.26. The van der Waals surface area contributed by atoms with Gasteiger partial charge >= 0.3 is 12.0 Å². The molecule has 5 heteroatoms. The van der Waals surface area contributed by atoms with E-state index in [0.717, 1.165) is 31.5 Å². The van der Waals surface area contributed by atoms with E-state index in [2.05, 4.69) is 5.32 Å². The van der Waals surface area contributed by atoms with Crippen LogP contribution in [0.4, 0.5) is 4.79 Å². The minimum atomic E-state index is -0.927. The molecule has 0 aliphatic carbocycles. The van der Waals surface area contributed by atoms with Crippen molar-refractivity contribution in [2.24, 2.45) is 0 Å². The second-order valence-corrected chi connectivity index (χ2v) is 5.04. The Hall–Kier alpha value is -2.04. The van der Waals surface area contributed by atoms with Crippen LogP contribution in [0.25, 0.3) is 0 Å². The minimum Gasteiger partial charge on any atom is -0.478 e. The van der Waals surface area contributed by atoms with Crippen molar-refractivity contribution in [2.75, 3.05) is 19.6 Å². The molecule has 2 N–H and O–H groups in total. The van der Waals surface area contributed by atoms with Crippen molar-refractivity contribution in [3.8, 4) is 0 Å². The van der Waals surface area contributed by atoms with E-state index < -0.39 is 5.97 Å². The normalized spacial score (nSPS) is 14.9. The molecule has 108 valence electrons. The Balaban J connectivity index is 1.79. The molecule has 20 heavy (non-hydrogen) atoms. The fraction of sp³-hybridized carbons (Fsp3) is 0.467. The number of carbonyl (C=O) groups is 2.